The van der Waals surface area contributed by atoms with Gasteiger partial charge in [-0.3, -0.25) is 4.79 Å². The van der Waals surface area contributed by atoms with Gasteiger partial charge in [0, 0.05) is 19.5 Å². The number of amides is 1. The molecule has 0 unspecified atom stereocenters. The lowest BCUT2D eigenvalue weighted by Crippen LogP contribution is -2.14. The predicted molar refractivity (Wildman–Crippen MR) is 82.5 cm³/mol. The van der Waals surface area contributed by atoms with E-state index in [4.69, 9.17) is 4.74 Å². The van der Waals surface area contributed by atoms with Crippen molar-refractivity contribution in [3.8, 4) is 11.6 Å². The molecule has 1 N–H and O–H groups in total. The molecule has 118 valence electrons. The first-order valence-corrected chi connectivity index (χ1v) is 7.13. The monoisotopic (exact) mass is 305 g/mol. The fraction of sp³-hybridized carbons (Fsp3) is 0.375. The summed E-state index contributed by atoms with van der Waals surface area (Å²) in [5, 5.41) is 7.07. The average Bonchev–Trinajstić information content (AvgIpc) is 2.65. The first kappa shape index (κ1) is 16.0. The van der Waals surface area contributed by atoms with Gasteiger partial charge in [-0.25, -0.2) is 9.07 Å². The van der Waals surface area contributed by atoms with Gasteiger partial charge in [-0.05, 0) is 25.0 Å². The van der Waals surface area contributed by atoms with E-state index in [1.54, 1.807) is 26.1 Å². The number of nitrogens with one attached hydrogen (secondary N) is 1. The largest absolute Gasteiger partial charge is 0.437 e. The zero-order chi connectivity index (χ0) is 16.3. The summed E-state index contributed by atoms with van der Waals surface area (Å²) >= 11 is 0. The second kappa shape index (κ2) is 6.60. The van der Waals surface area contributed by atoms with E-state index in [1.165, 1.54) is 16.8 Å². The Labute approximate surface area is 129 Å². The number of halogens is 1. The van der Waals surface area contributed by atoms with Crippen molar-refractivity contribution in [1.29, 1.82) is 0 Å². The molecule has 0 saturated heterocycles. The molecule has 2 rings (SSSR count). The summed E-state index contributed by atoms with van der Waals surface area (Å²) in [5.41, 5.74) is 1.16. The van der Waals surface area contributed by atoms with Crippen LogP contribution in [0.3, 0.4) is 0 Å². The lowest BCUT2D eigenvalue weighted by atomic mass is 10.1. The molecule has 2 aromatic rings. The summed E-state index contributed by atoms with van der Waals surface area (Å²) in [7, 11) is 1.71. The number of benzene rings is 1. The van der Waals surface area contributed by atoms with Crippen LogP contribution in [0.15, 0.2) is 24.3 Å². The first-order chi connectivity index (χ1) is 10.4. The van der Waals surface area contributed by atoms with Crippen molar-refractivity contribution in [2.45, 2.75) is 27.2 Å². The number of carbonyl (C=O) groups is 1. The molecule has 1 aromatic carbocycles. The van der Waals surface area contributed by atoms with Crippen LogP contribution in [0, 0.1) is 18.7 Å². The maximum atomic E-state index is 13.3. The Balaban J connectivity index is 2.26. The van der Waals surface area contributed by atoms with Crippen molar-refractivity contribution in [3.05, 3.63) is 35.8 Å². The molecular formula is C16H20FN3O2. The van der Waals surface area contributed by atoms with Gasteiger partial charge in [-0.2, -0.15) is 5.10 Å². The molecular weight excluding hydrogens is 285 g/mol. The Kier molecular flexibility index (Phi) is 4.80. The zero-order valence-electron chi connectivity index (χ0n) is 13.2. The Morgan fingerprint density at radius 3 is 2.82 bits per heavy atom. The molecule has 0 aliphatic heterocycles. The van der Waals surface area contributed by atoms with E-state index in [1.807, 2.05) is 13.8 Å². The third-order valence-electron chi connectivity index (χ3n) is 3.04. The van der Waals surface area contributed by atoms with E-state index in [0.717, 1.165) is 0 Å². The van der Waals surface area contributed by atoms with Gasteiger partial charge < -0.3 is 10.1 Å². The topological polar surface area (TPSA) is 56.1 Å². The van der Waals surface area contributed by atoms with Crippen molar-refractivity contribution in [3.63, 3.8) is 0 Å². The zero-order valence-corrected chi connectivity index (χ0v) is 13.2. The quantitative estimate of drug-likeness (QED) is 0.917. The fourth-order valence-corrected chi connectivity index (χ4v) is 2.10. The van der Waals surface area contributed by atoms with Crippen molar-refractivity contribution >= 4 is 11.6 Å². The highest BCUT2D eigenvalue weighted by atomic mass is 19.1. The second-order valence-electron chi connectivity index (χ2n) is 5.59. The van der Waals surface area contributed by atoms with Gasteiger partial charge in [0.05, 0.1) is 5.69 Å². The molecule has 1 aromatic heterocycles. The van der Waals surface area contributed by atoms with Crippen molar-refractivity contribution < 1.29 is 13.9 Å². The SMILES string of the molecule is Cc1nn(C)c(Oc2cccc(F)c2)c1NC(=O)CC(C)C. The number of carbonyl (C=O) groups excluding carboxylic acids is 1. The highest BCUT2D eigenvalue weighted by Gasteiger charge is 2.18. The third kappa shape index (κ3) is 3.84. The standard InChI is InChI=1S/C16H20FN3O2/c1-10(2)8-14(21)18-15-11(3)19-20(4)16(15)22-13-7-5-6-12(17)9-13/h5-7,9-10H,8H2,1-4H3,(H,18,21). The Bertz CT molecular complexity index is 680. The molecule has 0 spiro atoms. The Morgan fingerprint density at radius 2 is 2.18 bits per heavy atom. The molecule has 6 heteroatoms. The van der Waals surface area contributed by atoms with Gasteiger partial charge in [0.2, 0.25) is 11.8 Å². The number of ether oxygens (including phenoxy) is 1. The molecule has 0 saturated carbocycles. The minimum absolute atomic E-state index is 0.102. The Hall–Kier alpha value is -2.37. The molecule has 0 atom stereocenters. The second-order valence-corrected chi connectivity index (χ2v) is 5.59. The van der Waals surface area contributed by atoms with Crippen LogP contribution in [0.2, 0.25) is 0 Å². The van der Waals surface area contributed by atoms with Crippen LogP contribution in [-0.4, -0.2) is 15.7 Å². The number of nitrogens with zero attached hydrogens (tertiary/aromatic N) is 2. The van der Waals surface area contributed by atoms with Crippen LogP contribution >= 0.6 is 0 Å². The van der Waals surface area contributed by atoms with Gasteiger partial charge in [0.15, 0.2) is 0 Å². The van der Waals surface area contributed by atoms with E-state index in [-0.39, 0.29) is 17.6 Å². The van der Waals surface area contributed by atoms with Gasteiger partial charge in [-0.15, -0.1) is 0 Å². The molecule has 0 aliphatic rings. The van der Waals surface area contributed by atoms with Crippen LogP contribution in [0.4, 0.5) is 10.1 Å². The number of anilines is 1. The predicted octanol–water partition coefficient (Wildman–Crippen LogP) is 3.64. The maximum Gasteiger partial charge on any atom is 0.241 e. The number of aryl methyl sites for hydroxylation is 2. The average molecular weight is 305 g/mol. The number of aromatic nitrogens is 2. The molecule has 0 bridgehead atoms. The van der Waals surface area contributed by atoms with Crippen LogP contribution in [-0.2, 0) is 11.8 Å². The minimum Gasteiger partial charge on any atom is -0.437 e. The highest BCUT2D eigenvalue weighted by molar-refractivity contribution is 5.92. The number of hydrogen-bond donors (Lipinski definition) is 1. The molecule has 1 amide bonds. The van der Waals surface area contributed by atoms with Gasteiger partial charge in [0.25, 0.3) is 0 Å². The van der Waals surface area contributed by atoms with Crippen molar-refractivity contribution in [1.82, 2.24) is 9.78 Å². The summed E-state index contributed by atoms with van der Waals surface area (Å²) in [4.78, 5) is 12.0. The van der Waals surface area contributed by atoms with Crippen molar-refractivity contribution in [2.24, 2.45) is 13.0 Å². The van der Waals surface area contributed by atoms with E-state index in [2.05, 4.69) is 10.4 Å². The normalized spacial score (nSPS) is 10.8. The number of hydrogen-bond acceptors (Lipinski definition) is 3. The minimum atomic E-state index is -0.387. The molecule has 5 nitrogen and oxygen atoms in total. The van der Waals surface area contributed by atoms with Gasteiger partial charge in [0.1, 0.15) is 17.3 Å². The summed E-state index contributed by atoms with van der Waals surface area (Å²) in [5.74, 6) is 0.490. The van der Waals surface area contributed by atoms with E-state index in [9.17, 15) is 9.18 Å². The van der Waals surface area contributed by atoms with E-state index in [0.29, 0.717) is 29.4 Å². The summed E-state index contributed by atoms with van der Waals surface area (Å²) in [6.45, 7) is 5.73. The van der Waals surface area contributed by atoms with Crippen LogP contribution in [0.5, 0.6) is 11.6 Å². The summed E-state index contributed by atoms with van der Waals surface area (Å²) in [6, 6.07) is 5.82. The Morgan fingerprint density at radius 1 is 1.45 bits per heavy atom. The first-order valence-electron chi connectivity index (χ1n) is 7.13. The van der Waals surface area contributed by atoms with E-state index >= 15 is 0 Å². The lowest BCUT2D eigenvalue weighted by molar-refractivity contribution is -0.116. The van der Waals surface area contributed by atoms with Crippen LogP contribution in [0.1, 0.15) is 26.0 Å². The van der Waals surface area contributed by atoms with Gasteiger partial charge >= 0.3 is 0 Å². The van der Waals surface area contributed by atoms with Crippen LogP contribution in [0.25, 0.3) is 0 Å². The lowest BCUT2D eigenvalue weighted by Gasteiger charge is -2.11. The van der Waals surface area contributed by atoms with Crippen molar-refractivity contribution in [2.75, 3.05) is 5.32 Å². The van der Waals surface area contributed by atoms with Gasteiger partial charge in [-0.1, -0.05) is 19.9 Å². The molecule has 22 heavy (non-hydrogen) atoms. The third-order valence-corrected chi connectivity index (χ3v) is 3.04. The summed E-state index contributed by atoms with van der Waals surface area (Å²) in [6.07, 6.45) is 0.410. The molecule has 0 radical (unpaired) electrons. The molecule has 1 heterocycles. The molecule has 0 fully saturated rings. The van der Waals surface area contributed by atoms with Crippen LogP contribution < -0.4 is 10.1 Å². The maximum absolute atomic E-state index is 13.3. The molecule has 0 aliphatic carbocycles. The highest BCUT2D eigenvalue weighted by Crippen LogP contribution is 2.32. The fourth-order valence-electron chi connectivity index (χ4n) is 2.10. The smallest absolute Gasteiger partial charge is 0.241 e. The number of rotatable bonds is 5. The summed E-state index contributed by atoms with van der Waals surface area (Å²) < 4.78 is 20.5. The van der Waals surface area contributed by atoms with E-state index < -0.39 is 0 Å².